The molecule has 0 radical (unpaired) electrons. The summed E-state index contributed by atoms with van der Waals surface area (Å²) in [5, 5.41) is 0.602. The molecule has 1 rings (SSSR count). The molecule has 6 nitrogen and oxygen atoms in total. The maximum absolute atomic E-state index is 11.2. The Labute approximate surface area is 93.2 Å². The van der Waals surface area contributed by atoms with Crippen LogP contribution in [0.1, 0.15) is 20.8 Å². The minimum Gasteiger partial charge on any atom is -0.448 e. The molecule has 0 unspecified atom stereocenters. The first-order valence-electron chi connectivity index (χ1n) is 4.79. The molecule has 1 N–H and O–H groups in total. The van der Waals surface area contributed by atoms with Gasteiger partial charge in [-0.1, -0.05) is 20.8 Å². The Kier molecular flexibility index (Phi) is 3.31. The van der Waals surface area contributed by atoms with Gasteiger partial charge in [0.25, 0.3) is 11.8 Å². The van der Waals surface area contributed by atoms with Gasteiger partial charge >= 0.3 is 6.09 Å². The lowest BCUT2D eigenvalue weighted by atomic mass is 9.99. The summed E-state index contributed by atoms with van der Waals surface area (Å²) in [6, 6.07) is 0. The third kappa shape index (κ3) is 3.38. The summed E-state index contributed by atoms with van der Waals surface area (Å²) in [4.78, 5) is 33.4. The van der Waals surface area contributed by atoms with E-state index in [-0.39, 0.29) is 12.0 Å². The maximum atomic E-state index is 11.2. The molecule has 0 aliphatic carbocycles. The van der Waals surface area contributed by atoms with Crippen LogP contribution in [0.3, 0.4) is 0 Å². The minimum atomic E-state index is -0.819. The van der Waals surface area contributed by atoms with Gasteiger partial charge in [0, 0.05) is 12.2 Å². The lowest BCUT2D eigenvalue weighted by molar-refractivity contribution is -0.140. The molecule has 0 saturated heterocycles. The third-order valence-corrected chi connectivity index (χ3v) is 1.65. The molecule has 0 fully saturated rings. The van der Waals surface area contributed by atoms with Crippen molar-refractivity contribution in [3.63, 3.8) is 0 Å². The van der Waals surface area contributed by atoms with E-state index in [1.165, 1.54) is 0 Å². The van der Waals surface area contributed by atoms with Crippen LogP contribution in [-0.2, 0) is 14.3 Å². The molecular formula is C10H14N2O4. The van der Waals surface area contributed by atoms with Crippen molar-refractivity contribution in [3.05, 3.63) is 12.2 Å². The molecule has 1 heterocycles. The van der Waals surface area contributed by atoms with Crippen LogP contribution in [0.25, 0.3) is 0 Å². The first kappa shape index (κ1) is 12.2. The minimum absolute atomic E-state index is 0.172. The molecule has 16 heavy (non-hydrogen) atoms. The first-order chi connectivity index (χ1) is 7.29. The number of imide groups is 1. The summed E-state index contributed by atoms with van der Waals surface area (Å²) in [6.07, 6.45) is 1.33. The zero-order valence-electron chi connectivity index (χ0n) is 9.44. The van der Waals surface area contributed by atoms with Crippen molar-refractivity contribution >= 4 is 17.9 Å². The van der Waals surface area contributed by atoms with Gasteiger partial charge in [-0.2, -0.15) is 5.01 Å². The topological polar surface area (TPSA) is 75.7 Å². The number of carbonyl (C=O) groups excluding carboxylic acids is 3. The van der Waals surface area contributed by atoms with Gasteiger partial charge in [-0.15, -0.1) is 0 Å². The lowest BCUT2D eigenvalue weighted by Gasteiger charge is -2.20. The molecular weight excluding hydrogens is 212 g/mol. The van der Waals surface area contributed by atoms with Crippen LogP contribution in [0.5, 0.6) is 0 Å². The van der Waals surface area contributed by atoms with Gasteiger partial charge in [0.1, 0.15) is 0 Å². The number of ether oxygens (including phenoxy) is 1. The van der Waals surface area contributed by atoms with Gasteiger partial charge in [-0.25, -0.2) is 10.2 Å². The van der Waals surface area contributed by atoms with Gasteiger partial charge in [-0.05, 0) is 5.41 Å². The summed E-state index contributed by atoms with van der Waals surface area (Å²) in [7, 11) is 0. The van der Waals surface area contributed by atoms with Gasteiger partial charge < -0.3 is 4.74 Å². The Balaban J connectivity index is 2.41. The Morgan fingerprint density at radius 3 is 2.25 bits per heavy atom. The highest BCUT2D eigenvalue weighted by molar-refractivity contribution is 6.13. The Hall–Kier alpha value is -1.85. The van der Waals surface area contributed by atoms with Crippen LogP contribution in [0.4, 0.5) is 4.79 Å². The number of hydrazine groups is 1. The molecule has 0 aromatic rings. The van der Waals surface area contributed by atoms with Crippen molar-refractivity contribution in [2.24, 2.45) is 5.41 Å². The van der Waals surface area contributed by atoms with E-state index < -0.39 is 17.9 Å². The van der Waals surface area contributed by atoms with Gasteiger partial charge in [0.2, 0.25) is 0 Å². The first-order valence-corrected chi connectivity index (χ1v) is 4.79. The number of hydrogen-bond acceptors (Lipinski definition) is 4. The molecule has 0 saturated carbocycles. The SMILES string of the molecule is CC(C)(C)COC(=O)NN1C(=O)C=CC1=O. The van der Waals surface area contributed by atoms with Gasteiger partial charge in [-0.3, -0.25) is 9.59 Å². The van der Waals surface area contributed by atoms with E-state index in [1.807, 2.05) is 20.8 Å². The van der Waals surface area contributed by atoms with Crippen LogP contribution < -0.4 is 5.43 Å². The van der Waals surface area contributed by atoms with Crippen molar-refractivity contribution in [2.45, 2.75) is 20.8 Å². The third-order valence-electron chi connectivity index (χ3n) is 1.65. The number of hydrogen-bond donors (Lipinski definition) is 1. The molecule has 6 heteroatoms. The van der Waals surface area contributed by atoms with E-state index in [1.54, 1.807) is 0 Å². The van der Waals surface area contributed by atoms with Crippen molar-refractivity contribution in [1.29, 1.82) is 0 Å². The monoisotopic (exact) mass is 226 g/mol. The summed E-state index contributed by atoms with van der Waals surface area (Å²) in [5.41, 5.74) is 1.89. The Morgan fingerprint density at radius 2 is 1.81 bits per heavy atom. The predicted molar refractivity (Wildman–Crippen MR) is 54.9 cm³/mol. The van der Waals surface area contributed by atoms with Gasteiger partial charge in [0.15, 0.2) is 0 Å². The number of nitrogens with one attached hydrogen (secondary N) is 1. The predicted octanol–water partition coefficient (Wildman–Crippen LogP) is 0.599. The van der Waals surface area contributed by atoms with E-state index in [2.05, 4.69) is 5.43 Å². The number of carbonyl (C=O) groups is 3. The highest BCUT2D eigenvalue weighted by atomic mass is 16.6. The van der Waals surface area contributed by atoms with E-state index in [0.717, 1.165) is 12.2 Å². The Morgan fingerprint density at radius 1 is 1.31 bits per heavy atom. The number of rotatable bonds is 2. The smallest absolute Gasteiger partial charge is 0.426 e. The zero-order chi connectivity index (χ0) is 12.3. The molecule has 0 spiro atoms. The standard InChI is InChI=1S/C10H14N2O4/c1-10(2,3)6-16-9(15)11-12-7(13)4-5-8(12)14/h4-5H,6H2,1-3H3,(H,11,15). The average molecular weight is 226 g/mol. The van der Waals surface area contributed by atoms with Crippen molar-refractivity contribution < 1.29 is 19.1 Å². The molecule has 0 atom stereocenters. The molecule has 1 aliphatic rings. The molecule has 1 aliphatic heterocycles. The fourth-order valence-electron chi connectivity index (χ4n) is 0.916. The van der Waals surface area contributed by atoms with E-state index in [4.69, 9.17) is 4.74 Å². The summed E-state index contributed by atoms with van der Waals surface area (Å²) < 4.78 is 4.84. The second-order valence-corrected chi connectivity index (χ2v) is 4.59. The molecule has 0 bridgehead atoms. The zero-order valence-corrected chi connectivity index (χ0v) is 9.44. The van der Waals surface area contributed by atoms with Crippen molar-refractivity contribution in [3.8, 4) is 0 Å². The highest BCUT2D eigenvalue weighted by Gasteiger charge is 2.26. The fourth-order valence-corrected chi connectivity index (χ4v) is 0.916. The summed E-state index contributed by atoms with van der Waals surface area (Å²) in [5.74, 6) is -1.17. The van der Waals surface area contributed by atoms with Crippen LogP contribution in [0.15, 0.2) is 12.2 Å². The van der Waals surface area contributed by atoms with Crippen LogP contribution >= 0.6 is 0 Å². The molecule has 0 aromatic carbocycles. The number of nitrogens with zero attached hydrogens (tertiary/aromatic N) is 1. The lowest BCUT2D eigenvalue weighted by Crippen LogP contribution is -2.46. The maximum Gasteiger partial charge on any atom is 0.426 e. The van der Waals surface area contributed by atoms with E-state index >= 15 is 0 Å². The highest BCUT2D eigenvalue weighted by Crippen LogP contribution is 2.12. The van der Waals surface area contributed by atoms with Crippen LogP contribution in [-0.4, -0.2) is 29.5 Å². The second kappa shape index (κ2) is 4.34. The molecule has 88 valence electrons. The van der Waals surface area contributed by atoms with E-state index in [9.17, 15) is 14.4 Å². The second-order valence-electron chi connectivity index (χ2n) is 4.59. The molecule has 3 amide bonds. The average Bonchev–Trinajstić information content (AvgIpc) is 2.45. The normalized spacial score (nSPS) is 15.6. The Bertz CT molecular complexity index is 336. The fraction of sp³-hybridized carbons (Fsp3) is 0.500. The van der Waals surface area contributed by atoms with E-state index in [0.29, 0.717) is 5.01 Å². The van der Waals surface area contributed by atoms with Gasteiger partial charge in [0.05, 0.1) is 6.61 Å². The van der Waals surface area contributed by atoms with Crippen molar-refractivity contribution in [1.82, 2.24) is 10.4 Å². The van der Waals surface area contributed by atoms with Crippen molar-refractivity contribution in [2.75, 3.05) is 6.61 Å². The number of amides is 3. The van der Waals surface area contributed by atoms with Crippen LogP contribution in [0.2, 0.25) is 0 Å². The summed E-state index contributed by atoms with van der Waals surface area (Å²) in [6.45, 7) is 5.89. The quantitative estimate of drug-likeness (QED) is 0.699. The van der Waals surface area contributed by atoms with Crippen LogP contribution in [0, 0.1) is 5.41 Å². The molecule has 0 aromatic heterocycles. The summed E-state index contributed by atoms with van der Waals surface area (Å²) >= 11 is 0. The largest absolute Gasteiger partial charge is 0.448 e.